The largest absolute Gasteiger partial charge is 0.337 e. The topological polar surface area (TPSA) is 84.7 Å². The molecular weight excluding hydrogens is 374 g/mol. The van der Waals surface area contributed by atoms with Crippen molar-refractivity contribution in [2.24, 2.45) is 0 Å². The first-order chi connectivity index (χ1) is 13.5. The van der Waals surface area contributed by atoms with Gasteiger partial charge in [-0.05, 0) is 49.0 Å². The molecule has 0 aliphatic carbocycles. The maximum absolute atomic E-state index is 12.6. The van der Waals surface area contributed by atoms with Gasteiger partial charge >= 0.3 is 0 Å². The molecular formula is C20H17N5O2S. The number of nitrogens with one attached hydrogen (secondary N) is 2. The summed E-state index contributed by atoms with van der Waals surface area (Å²) >= 11 is 5.22. The van der Waals surface area contributed by atoms with E-state index in [9.17, 15) is 9.59 Å². The van der Waals surface area contributed by atoms with E-state index in [0.29, 0.717) is 21.4 Å². The van der Waals surface area contributed by atoms with Gasteiger partial charge in [-0.1, -0.05) is 18.2 Å². The summed E-state index contributed by atoms with van der Waals surface area (Å²) in [6.07, 6.45) is 4.97. The number of fused-ring (bicyclic) bond motifs is 1. The summed E-state index contributed by atoms with van der Waals surface area (Å²) in [7, 11) is 0. The molecule has 7 nitrogen and oxygen atoms in total. The summed E-state index contributed by atoms with van der Waals surface area (Å²) in [6.45, 7) is 1.78. The molecule has 0 aliphatic heterocycles. The third kappa shape index (κ3) is 3.37. The minimum Gasteiger partial charge on any atom is -0.337 e. The van der Waals surface area contributed by atoms with E-state index < -0.39 is 0 Å². The van der Waals surface area contributed by atoms with E-state index in [-0.39, 0.29) is 18.0 Å². The molecule has 0 aliphatic rings. The summed E-state index contributed by atoms with van der Waals surface area (Å²) in [6, 6.07) is 12.7. The first-order valence-corrected chi connectivity index (χ1v) is 9.05. The lowest BCUT2D eigenvalue weighted by atomic mass is 10.1. The zero-order valence-corrected chi connectivity index (χ0v) is 15.9. The number of hydrogen-bond acceptors (Lipinski definition) is 4. The fourth-order valence-electron chi connectivity index (χ4n) is 3.06. The average Bonchev–Trinajstić information content (AvgIpc) is 3.11. The Balaban J connectivity index is 1.56. The van der Waals surface area contributed by atoms with E-state index in [4.69, 9.17) is 12.2 Å². The van der Waals surface area contributed by atoms with Crippen LogP contribution in [0, 0.1) is 11.7 Å². The number of carbonyl (C=O) groups excluding carboxylic acids is 1. The van der Waals surface area contributed by atoms with Crippen molar-refractivity contribution in [3.05, 3.63) is 81.9 Å². The summed E-state index contributed by atoms with van der Waals surface area (Å²) < 4.78 is 3.67. The quantitative estimate of drug-likeness (QED) is 0.523. The maximum atomic E-state index is 12.6. The molecule has 0 unspecified atom stereocenters. The number of nitrogens with zero attached hydrogens (tertiary/aromatic N) is 3. The number of aryl methyl sites for hydroxylation is 1. The van der Waals surface area contributed by atoms with Crippen LogP contribution in [0.2, 0.25) is 0 Å². The van der Waals surface area contributed by atoms with E-state index in [0.717, 1.165) is 11.3 Å². The fourth-order valence-corrected chi connectivity index (χ4v) is 3.30. The molecule has 2 N–H and O–H groups in total. The van der Waals surface area contributed by atoms with Gasteiger partial charge in [-0.15, -0.1) is 0 Å². The van der Waals surface area contributed by atoms with Crippen molar-refractivity contribution in [2.45, 2.75) is 13.5 Å². The monoisotopic (exact) mass is 391 g/mol. The van der Waals surface area contributed by atoms with Crippen molar-refractivity contribution in [3.8, 4) is 5.69 Å². The van der Waals surface area contributed by atoms with Crippen LogP contribution in [0.4, 0.5) is 5.69 Å². The predicted octanol–water partition coefficient (Wildman–Crippen LogP) is 3.19. The number of anilines is 1. The molecule has 0 fully saturated rings. The summed E-state index contributed by atoms with van der Waals surface area (Å²) in [5.41, 5.74) is 2.77. The maximum Gasteiger partial charge on any atom is 0.261 e. The van der Waals surface area contributed by atoms with E-state index in [2.05, 4.69) is 15.3 Å². The molecule has 28 heavy (non-hydrogen) atoms. The summed E-state index contributed by atoms with van der Waals surface area (Å²) in [4.78, 5) is 32.4. The van der Waals surface area contributed by atoms with Crippen molar-refractivity contribution in [2.75, 3.05) is 5.32 Å². The molecule has 1 amide bonds. The van der Waals surface area contributed by atoms with Crippen molar-refractivity contribution < 1.29 is 4.79 Å². The van der Waals surface area contributed by atoms with Crippen molar-refractivity contribution >= 4 is 34.7 Å². The van der Waals surface area contributed by atoms with E-state index in [1.165, 1.54) is 10.9 Å². The molecule has 4 rings (SSSR count). The lowest BCUT2D eigenvalue weighted by molar-refractivity contribution is -0.116. The van der Waals surface area contributed by atoms with Gasteiger partial charge in [-0.3, -0.25) is 18.7 Å². The molecule has 0 bridgehead atoms. The molecule has 2 aromatic carbocycles. The van der Waals surface area contributed by atoms with E-state index >= 15 is 0 Å². The third-order valence-electron chi connectivity index (χ3n) is 4.43. The number of imidazole rings is 1. The van der Waals surface area contributed by atoms with Gasteiger partial charge in [0.2, 0.25) is 5.91 Å². The molecule has 0 spiro atoms. The number of H-pyrrole nitrogens is 1. The lowest BCUT2D eigenvalue weighted by Crippen LogP contribution is -2.28. The molecule has 4 aromatic rings. The van der Waals surface area contributed by atoms with Crippen LogP contribution >= 0.6 is 12.2 Å². The first-order valence-electron chi connectivity index (χ1n) is 8.64. The van der Waals surface area contributed by atoms with Crippen molar-refractivity contribution in [3.63, 3.8) is 0 Å². The van der Waals surface area contributed by atoms with Gasteiger partial charge in [0, 0.05) is 23.8 Å². The number of hydrogen-bond donors (Lipinski definition) is 2. The fraction of sp³-hybridized carbons (Fsp3) is 0.100. The van der Waals surface area contributed by atoms with Gasteiger partial charge in [-0.2, -0.15) is 0 Å². The second-order valence-corrected chi connectivity index (χ2v) is 6.77. The Labute approximate surface area is 165 Å². The van der Waals surface area contributed by atoms with Crippen LogP contribution in [0.1, 0.15) is 5.56 Å². The third-order valence-corrected chi connectivity index (χ3v) is 4.74. The van der Waals surface area contributed by atoms with Crippen LogP contribution in [-0.4, -0.2) is 25.0 Å². The number of para-hydroxylation sites is 1. The molecule has 8 heteroatoms. The van der Waals surface area contributed by atoms with Crippen LogP contribution in [0.3, 0.4) is 0 Å². The highest BCUT2D eigenvalue weighted by Crippen LogP contribution is 2.15. The number of amides is 1. The second-order valence-electron chi connectivity index (χ2n) is 6.38. The zero-order chi connectivity index (χ0) is 19.7. The van der Waals surface area contributed by atoms with Gasteiger partial charge in [-0.25, -0.2) is 4.98 Å². The molecule has 0 radical (unpaired) electrons. The SMILES string of the molecule is Cc1cccc2c(=O)n(CC(=O)Nc3cccc(-n4cc[nH]c4=S)c3)cnc12. The Hall–Kier alpha value is -3.52. The minimum absolute atomic E-state index is 0.122. The highest BCUT2D eigenvalue weighted by Gasteiger charge is 2.10. The smallest absolute Gasteiger partial charge is 0.261 e. The molecule has 0 saturated carbocycles. The normalized spacial score (nSPS) is 10.9. The number of aromatic amines is 1. The molecule has 0 atom stereocenters. The van der Waals surface area contributed by atoms with Crippen LogP contribution in [0.15, 0.2) is 66.0 Å². The molecule has 0 saturated heterocycles. The van der Waals surface area contributed by atoms with Crippen molar-refractivity contribution in [1.82, 2.24) is 19.1 Å². The van der Waals surface area contributed by atoms with Gasteiger partial charge in [0.1, 0.15) is 6.54 Å². The Morgan fingerprint density at radius 1 is 1.25 bits per heavy atom. The molecule has 2 aromatic heterocycles. The summed E-state index contributed by atoms with van der Waals surface area (Å²) in [5, 5.41) is 3.31. The Morgan fingerprint density at radius 2 is 2.07 bits per heavy atom. The van der Waals surface area contributed by atoms with Crippen molar-refractivity contribution in [1.29, 1.82) is 0 Å². The average molecular weight is 391 g/mol. The number of rotatable bonds is 4. The number of aromatic nitrogens is 4. The van der Waals surface area contributed by atoms with Gasteiger partial charge < -0.3 is 10.3 Å². The highest BCUT2D eigenvalue weighted by atomic mass is 32.1. The van der Waals surface area contributed by atoms with Crippen LogP contribution in [0.25, 0.3) is 16.6 Å². The number of benzene rings is 2. The minimum atomic E-state index is -0.314. The molecule has 2 heterocycles. The van der Waals surface area contributed by atoms with Crippen LogP contribution in [0.5, 0.6) is 0 Å². The zero-order valence-electron chi connectivity index (χ0n) is 15.0. The Morgan fingerprint density at radius 3 is 2.86 bits per heavy atom. The van der Waals surface area contributed by atoms with E-state index in [1.54, 1.807) is 22.9 Å². The van der Waals surface area contributed by atoms with Gasteiger partial charge in [0.05, 0.1) is 17.2 Å². The summed E-state index contributed by atoms with van der Waals surface area (Å²) in [5.74, 6) is -0.314. The Kier molecular flexibility index (Phi) is 4.62. The van der Waals surface area contributed by atoms with Crippen LogP contribution in [-0.2, 0) is 11.3 Å². The standard InChI is InChI=1S/C20H17N5O2S/c1-13-4-2-7-16-18(13)22-12-24(19(16)27)11-17(26)23-14-5-3-6-15(10-14)25-9-8-21-20(25)28/h2-10,12H,11H2,1H3,(H,21,28)(H,23,26). The lowest BCUT2D eigenvalue weighted by Gasteiger charge is -2.10. The first kappa shape index (κ1) is 17.9. The van der Waals surface area contributed by atoms with Gasteiger partial charge in [0.25, 0.3) is 5.56 Å². The highest BCUT2D eigenvalue weighted by molar-refractivity contribution is 7.71. The predicted molar refractivity (Wildman–Crippen MR) is 110 cm³/mol. The number of carbonyl (C=O) groups is 1. The van der Waals surface area contributed by atoms with Gasteiger partial charge in [0.15, 0.2) is 4.77 Å². The van der Waals surface area contributed by atoms with E-state index in [1.807, 2.05) is 43.5 Å². The molecule has 140 valence electrons. The van der Waals surface area contributed by atoms with Crippen LogP contribution < -0.4 is 10.9 Å². The second kappa shape index (κ2) is 7.24. The Bertz CT molecular complexity index is 1300.